The molecule has 0 unspecified atom stereocenters. The lowest BCUT2D eigenvalue weighted by Gasteiger charge is -2.13. The summed E-state index contributed by atoms with van der Waals surface area (Å²) in [7, 11) is 0. The zero-order valence-corrected chi connectivity index (χ0v) is 12.0. The Kier molecular flexibility index (Phi) is 4.48. The zero-order chi connectivity index (χ0) is 13.8. The predicted octanol–water partition coefficient (Wildman–Crippen LogP) is 4.56. The minimum Gasteiger partial charge on any atom is -0.486 e. The molecule has 0 aliphatic rings. The van der Waals surface area contributed by atoms with Gasteiger partial charge in [0.1, 0.15) is 6.61 Å². The maximum atomic E-state index is 13.7. The van der Waals surface area contributed by atoms with Gasteiger partial charge in [-0.15, -0.1) is 12.6 Å². The van der Waals surface area contributed by atoms with E-state index in [0.29, 0.717) is 11.5 Å². The van der Waals surface area contributed by atoms with Gasteiger partial charge in [-0.1, -0.05) is 25.1 Å². The Morgan fingerprint density at radius 3 is 2.68 bits per heavy atom. The van der Waals surface area contributed by atoms with E-state index in [1.54, 1.807) is 12.1 Å². The van der Waals surface area contributed by atoms with Crippen LogP contribution in [0.4, 0.5) is 4.39 Å². The standard InChI is InChI=1S/C16H17FOS/c1-3-12-6-4-5-11(2)14(12)10-18-16-8-7-13(19)9-15(16)17/h4-9,19H,3,10H2,1-2H3. The lowest BCUT2D eigenvalue weighted by Crippen LogP contribution is -2.03. The van der Waals surface area contributed by atoms with Crippen molar-refractivity contribution in [3.8, 4) is 5.75 Å². The van der Waals surface area contributed by atoms with Crippen LogP contribution in [-0.4, -0.2) is 0 Å². The Labute approximate surface area is 118 Å². The first-order valence-corrected chi connectivity index (χ1v) is 6.75. The number of hydrogen-bond donors (Lipinski definition) is 1. The summed E-state index contributed by atoms with van der Waals surface area (Å²) in [6.45, 7) is 4.54. The fraction of sp³-hybridized carbons (Fsp3) is 0.250. The Balaban J connectivity index is 2.19. The Morgan fingerprint density at radius 2 is 2.00 bits per heavy atom. The van der Waals surface area contributed by atoms with Crippen LogP contribution in [0.1, 0.15) is 23.6 Å². The quantitative estimate of drug-likeness (QED) is 0.805. The van der Waals surface area contributed by atoms with Crippen LogP contribution >= 0.6 is 12.6 Å². The highest BCUT2D eigenvalue weighted by Crippen LogP contribution is 2.23. The predicted molar refractivity (Wildman–Crippen MR) is 78.5 cm³/mol. The molecule has 0 heterocycles. The third-order valence-electron chi connectivity index (χ3n) is 3.18. The van der Waals surface area contributed by atoms with Crippen molar-refractivity contribution in [2.75, 3.05) is 0 Å². The fourth-order valence-electron chi connectivity index (χ4n) is 2.06. The van der Waals surface area contributed by atoms with E-state index in [2.05, 4.69) is 25.6 Å². The third kappa shape index (κ3) is 3.29. The molecule has 0 aliphatic heterocycles. The van der Waals surface area contributed by atoms with Crippen molar-refractivity contribution < 1.29 is 9.13 Å². The molecule has 0 saturated carbocycles. The summed E-state index contributed by atoms with van der Waals surface area (Å²) in [5, 5.41) is 0. The highest BCUT2D eigenvalue weighted by molar-refractivity contribution is 7.80. The van der Waals surface area contributed by atoms with Crippen LogP contribution in [0.5, 0.6) is 5.75 Å². The molecule has 0 bridgehead atoms. The zero-order valence-electron chi connectivity index (χ0n) is 11.1. The first kappa shape index (κ1) is 13.9. The molecule has 0 atom stereocenters. The van der Waals surface area contributed by atoms with E-state index >= 15 is 0 Å². The molecule has 0 aromatic heterocycles. The van der Waals surface area contributed by atoms with E-state index in [1.807, 2.05) is 19.1 Å². The summed E-state index contributed by atoms with van der Waals surface area (Å²) < 4.78 is 19.3. The molecule has 19 heavy (non-hydrogen) atoms. The van der Waals surface area contributed by atoms with Gasteiger partial charge in [0.05, 0.1) is 0 Å². The summed E-state index contributed by atoms with van der Waals surface area (Å²) >= 11 is 4.09. The van der Waals surface area contributed by atoms with Gasteiger partial charge in [0.15, 0.2) is 11.6 Å². The normalized spacial score (nSPS) is 10.5. The van der Waals surface area contributed by atoms with Crippen LogP contribution in [0.3, 0.4) is 0 Å². The number of ether oxygens (including phenoxy) is 1. The van der Waals surface area contributed by atoms with E-state index in [-0.39, 0.29) is 11.6 Å². The Morgan fingerprint density at radius 1 is 1.21 bits per heavy atom. The first-order valence-electron chi connectivity index (χ1n) is 6.30. The fourth-order valence-corrected chi connectivity index (χ4v) is 2.25. The molecule has 0 aliphatic carbocycles. The van der Waals surface area contributed by atoms with Gasteiger partial charge < -0.3 is 4.74 Å². The second-order valence-electron chi connectivity index (χ2n) is 4.47. The van der Waals surface area contributed by atoms with Crippen LogP contribution < -0.4 is 4.74 Å². The van der Waals surface area contributed by atoms with Gasteiger partial charge in [-0.3, -0.25) is 0 Å². The van der Waals surface area contributed by atoms with Crippen LogP contribution in [0, 0.1) is 12.7 Å². The van der Waals surface area contributed by atoms with Gasteiger partial charge in [0.25, 0.3) is 0 Å². The summed E-state index contributed by atoms with van der Waals surface area (Å²) in [5.74, 6) is -0.109. The van der Waals surface area contributed by atoms with Gasteiger partial charge >= 0.3 is 0 Å². The molecule has 3 heteroatoms. The van der Waals surface area contributed by atoms with Crippen LogP contribution in [0.25, 0.3) is 0 Å². The molecule has 0 fully saturated rings. The molecule has 2 aromatic rings. The van der Waals surface area contributed by atoms with Gasteiger partial charge in [0, 0.05) is 4.90 Å². The monoisotopic (exact) mass is 276 g/mol. The molecular formula is C16H17FOS. The largest absolute Gasteiger partial charge is 0.486 e. The summed E-state index contributed by atoms with van der Waals surface area (Å²) in [6.07, 6.45) is 0.943. The van der Waals surface area contributed by atoms with Crippen molar-refractivity contribution in [1.82, 2.24) is 0 Å². The minimum absolute atomic E-state index is 0.267. The molecule has 0 N–H and O–H groups in total. The van der Waals surface area contributed by atoms with Crippen molar-refractivity contribution in [3.63, 3.8) is 0 Å². The molecule has 2 rings (SSSR count). The van der Waals surface area contributed by atoms with Crippen LogP contribution in [0.15, 0.2) is 41.3 Å². The van der Waals surface area contributed by atoms with Crippen molar-refractivity contribution >= 4 is 12.6 Å². The van der Waals surface area contributed by atoms with E-state index < -0.39 is 0 Å². The van der Waals surface area contributed by atoms with E-state index in [0.717, 1.165) is 12.0 Å². The highest BCUT2D eigenvalue weighted by Gasteiger charge is 2.08. The Hall–Kier alpha value is -1.48. The van der Waals surface area contributed by atoms with E-state index in [9.17, 15) is 4.39 Å². The first-order chi connectivity index (χ1) is 9.11. The van der Waals surface area contributed by atoms with Gasteiger partial charge in [0.2, 0.25) is 0 Å². The van der Waals surface area contributed by atoms with Gasteiger partial charge in [-0.25, -0.2) is 4.39 Å². The topological polar surface area (TPSA) is 9.23 Å². The molecule has 0 radical (unpaired) electrons. The minimum atomic E-state index is -0.376. The number of thiol groups is 1. The average molecular weight is 276 g/mol. The van der Waals surface area contributed by atoms with E-state index in [1.165, 1.54) is 17.2 Å². The molecule has 2 aromatic carbocycles. The lowest BCUT2D eigenvalue weighted by atomic mass is 10.0. The molecule has 0 saturated heterocycles. The lowest BCUT2D eigenvalue weighted by molar-refractivity contribution is 0.288. The maximum Gasteiger partial charge on any atom is 0.166 e. The summed E-state index contributed by atoms with van der Waals surface area (Å²) in [4.78, 5) is 0.593. The van der Waals surface area contributed by atoms with Crippen molar-refractivity contribution in [1.29, 1.82) is 0 Å². The molecule has 0 spiro atoms. The average Bonchev–Trinajstić information content (AvgIpc) is 2.39. The van der Waals surface area contributed by atoms with Crippen molar-refractivity contribution in [2.24, 2.45) is 0 Å². The number of benzene rings is 2. The number of aryl methyl sites for hydroxylation is 2. The number of hydrogen-bond acceptors (Lipinski definition) is 2. The second kappa shape index (κ2) is 6.11. The molecule has 100 valence electrons. The van der Waals surface area contributed by atoms with Crippen LogP contribution in [-0.2, 0) is 13.0 Å². The van der Waals surface area contributed by atoms with Crippen molar-refractivity contribution in [2.45, 2.75) is 31.8 Å². The second-order valence-corrected chi connectivity index (χ2v) is 4.99. The van der Waals surface area contributed by atoms with Crippen LogP contribution in [0.2, 0.25) is 0 Å². The number of rotatable bonds is 4. The molecule has 0 amide bonds. The smallest absolute Gasteiger partial charge is 0.166 e. The van der Waals surface area contributed by atoms with Crippen molar-refractivity contribution in [3.05, 3.63) is 58.9 Å². The molecule has 1 nitrogen and oxygen atoms in total. The SMILES string of the molecule is CCc1cccc(C)c1COc1ccc(S)cc1F. The third-order valence-corrected chi connectivity index (χ3v) is 3.45. The maximum absolute atomic E-state index is 13.7. The van der Waals surface area contributed by atoms with Gasteiger partial charge in [-0.2, -0.15) is 0 Å². The number of halogens is 1. The summed E-state index contributed by atoms with van der Waals surface area (Å²) in [6, 6.07) is 10.9. The highest BCUT2D eigenvalue weighted by atomic mass is 32.1. The summed E-state index contributed by atoms with van der Waals surface area (Å²) in [5.41, 5.74) is 3.55. The van der Waals surface area contributed by atoms with Gasteiger partial charge in [-0.05, 0) is 48.2 Å². The van der Waals surface area contributed by atoms with E-state index in [4.69, 9.17) is 4.74 Å². The molecular weight excluding hydrogens is 259 g/mol. The Bertz CT molecular complexity index is 581.